The van der Waals surface area contributed by atoms with Crippen LogP contribution < -0.4 is 11.1 Å². The molecular weight excluding hydrogens is 342 g/mol. The van der Waals surface area contributed by atoms with E-state index in [1.54, 1.807) is 12.3 Å². The predicted octanol–water partition coefficient (Wildman–Crippen LogP) is 3.28. The molecule has 8 heteroatoms. The molecule has 0 aromatic carbocycles. The molecule has 0 radical (unpaired) electrons. The lowest BCUT2D eigenvalue weighted by atomic mass is 9.93. The Morgan fingerprint density at radius 2 is 2.29 bits per heavy atom. The number of nitrogens with two attached hydrogens (primary N) is 1. The van der Waals surface area contributed by atoms with Gasteiger partial charge >= 0.3 is 0 Å². The third-order valence-electron chi connectivity index (χ3n) is 3.53. The van der Waals surface area contributed by atoms with E-state index < -0.39 is 5.54 Å². The van der Waals surface area contributed by atoms with Gasteiger partial charge in [0.1, 0.15) is 5.54 Å². The number of amidine groups is 1. The van der Waals surface area contributed by atoms with Gasteiger partial charge in [0.25, 0.3) is 5.91 Å². The van der Waals surface area contributed by atoms with Gasteiger partial charge in [0, 0.05) is 29.4 Å². The fourth-order valence-corrected chi connectivity index (χ4v) is 4.05. The number of pyridine rings is 1. The lowest BCUT2D eigenvalue weighted by molar-refractivity contribution is 0.102. The van der Waals surface area contributed by atoms with Gasteiger partial charge in [-0.05, 0) is 30.9 Å². The van der Waals surface area contributed by atoms with Gasteiger partial charge in [0.15, 0.2) is 10.2 Å². The Balaban J connectivity index is 1.85. The molecule has 2 aromatic rings. The van der Waals surface area contributed by atoms with Gasteiger partial charge in [-0.1, -0.05) is 18.3 Å². The Morgan fingerprint density at radius 1 is 1.50 bits per heavy atom. The number of nitrogens with zero attached hydrogens (tertiary/aromatic N) is 3. The van der Waals surface area contributed by atoms with E-state index in [0.717, 1.165) is 16.3 Å². The normalized spacial score (nSPS) is 20.6. The van der Waals surface area contributed by atoms with Crippen LogP contribution in [-0.4, -0.2) is 21.0 Å². The Bertz CT molecular complexity index is 844. The molecule has 6 nitrogen and oxygen atoms in total. The quantitative estimate of drug-likeness (QED) is 0.877. The van der Waals surface area contributed by atoms with Crippen LogP contribution in [0.25, 0.3) is 0 Å². The summed E-state index contributed by atoms with van der Waals surface area (Å²) in [5.74, 6) is -0.234. The highest BCUT2D eigenvalue weighted by molar-refractivity contribution is 8.17. The molecule has 3 heterocycles. The molecule has 3 N–H and O–H groups in total. The van der Waals surface area contributed by atoms with Crippen molar-refractivity contribution in [3.8, 4) is 0 Å². The molecule has 0 aliphatic carbocycles. The summed E-state index contributed by atoms with van der Waals surface area (Å²) in [7, 11) is 0. The van der Waals surface area contributed by atoms with Crippen LogP contribution in [0.3, 0.4) is 0 Å². The van der Waals surface area contributed by atoms with Crippen molar-refractivity contribution in [3.05, 3.63) is 51.6 Å². The number of hydrogen-bond donors (Lipinski definition) is 2. The van der Waals surface area contributed by atoms with Crippen molar-refractivity contribution in [2.75, 3.05) is 5.32 Å². The average molecular weight is 359 g/mol. The molecule has 124 valence electrons. The van der Waals surface area contributed by atoms with E-state index >= 15 is 0 Å². The van der Waals surface area contributed by atoms with Crippen LogP contribution in [0.4, 0.5) is 5.69 Å². The molecule has 0 unspecified atom stereocenters. The Kier molecular flexibility index (Phi) is 4.42. The monoisotopic (exact) mass is 359 g/mol. The van der Waals surface area contributed by atoms with Crippen LogP contribution in [0.1, 0.15) is 34.5 Å². The number of aryl methyl sites for hydroxylation is 1. The second-order valence-corrected chi connectivity index (χ2v) is 7.78. The second kappa shape index (κ2) is 6.37. The van der Waals surface area contributed by atoms with Crippen molar-refractivity contribution in [1.82, 2.24) is 9.97 Å². The number of amides is 1. The minimum Gasteiger partial charge on any atom is -0.378 e. The highest BCUT2D eigenvalue weighted by Crippen LogP contribution is 2.39. The summed E-state index contributed by atoms with van der Waals surface area (Å²) in [4.78, 5) is 26.3. The zero-order chi connectivity index (χ0) is 17.3. The number of thioether (sulfide) groups is 1. The van der Waals surface area contributed by atoms with Crippen molar-refractivity contribution in [2.45, 2.75) is 25.8 Å². The van der Waals surface area contributed by atoms with Crippen LogP contribution in [0.15, 0.2) is 40.2 Å². The van der Waals surface area contributed by atoms with Crippen LogP contribution in [0, 0.1) is 6.92 Å². The molecular formula is C16H17N5OS2. The molecule has 24 heavy (non-hydrogen) atoms. The first-order valence-corrected chi connectivity index (χ1v) is 8.96. The lowest BCUT2D eigenvalue weighted by Gasteiger charge is -2.30. The molecule has 2 aromatic heterocycles. The third-order valence-corrected chi connectivity index (χ3v) is 5.22. The Morgan fingerprint density at radius 3 is 2.96 bits per heavy atom. The molecule has 1 amide bonds. The van der Waals surface area contributed by atoms with Crippen molar-refractivity contribution in [2.24, 2.45) is 10.7 Å². The maximum atomic E-state index is 12.3. The fourth-order valence-electron chi connectivity index (χ4n) is 2.47. The van der Waals surface area contributed by atoms with Gasteiger partial charge in [-0.3, -0.25) is 9.78 Å². The molecule has 0 bridgehead atoms. The summed E-state index contributed by atoms with van der Waals surface area (Å²) in [6, 6.07) is 3.56. The number of anilines is 1. The third kappa shape index (κ3) is 3.49. The molecule has 1 aliphatic heterocycles. The highest BCUT2D eigenvalue weighted by atomic mass is 32.2. The topological polar surface area (TPSA) is 93.3 Å². The standard InChI is InChI=1S/C16H17N5OS2/c1-9-8-23-14(19-9)13(22)20-11-4-5-18-12(6-11)16(3)7-10(2)24-15(17)21-16/h4-6,8H,2,7H2,1,3H3,(H2,17,21)(H,18,20,22)/t16-/m0/s1. The van der Waals surface area contributed by atoms with E-state index in [9.17, 15) is 4.79 Å². The lowest BCUT2D eigenvalue weighted by Crippen LogP contribution is -2.28. The number of carbonyl (C=O) groups excluding carboxylic acids is 1. The number of thiazole rings is 1. The van der Waals surface area contributed by atoms with Gasteiger partial charge in [-0.15, -0.1) is 11.3 Å². The zero-order valence-corrected chi connectivity index (χ0v) is 15.0. The highest BCUT2D eigenvalue weighted by Gasteiger charge is 2.33. The van der Waals surface area contributed by atoms with Crippen LogP contribution >= 0.6 is 23.1 Å². The number of aliphatic imine (C=N–C) groups is 1. The Labute approximate surface area is 148 Å². The van der Waals surface area contributed by atoms with E-state index in [4.69, 9.17) is 5.73 Å². The number of rotatable bonds is 3. The van der Waals surface area contributed by atoms with Crippen molar-refractivity contribution < 1.29 is 4.79 Å². The molecule has 1 aliphatic rings. The smallest absolute Gasteiger partial charge is 0.284 e. The number of aromatic nitrogens is 2. The first kappa shape index (κ1) is 16.7. The molecule has 1 atom stereocenters. The van der Waals surface area contributed by atoms with Gasteiger partial charge in [-0.2, -0.15) is 0 Å². The summed E-state index contributed by atoms with van der Waals surface area (Å²) in [6.07, 6.45) is 2.30. The van der Waals surface area contributed by atoms with Crippen molar-refractivity contribution in [1.29, 1.82) is 0 Å². The summed E-state index contributed by atoms with van der Waals surface area (Å²) in [5.41, 5.74) is 7.52. The molecule has 0 spiro atoms. The first-order chi connectivity index (χ1) is 11.4. The van der Waals surface area contributed by atoms with Crippen LogP contribution in [0.2, 0.25) is 0 Å². The zero-order valence-electron chi connectivity index (χ0n) is 13.4. The van der Waals surface area contributed by atoms with E-state index in [0.29, 0.717) is 22.3 Å². The van der Waals surface area contributed by atoms with E-state index in [1.807, 2.05) is 25.3 Å². The van der Waals surface area contributed by atoms with Crippen molar-refractivity contribution in [3.63, 3.8) is 0 Å². The minimum atomic E-state index is -0.578. The van der Waals surface area contributed by atoms with Crippen LogP contribution in [-0.2, 0) is 5.54 Å². The fraction of sp³-hybridized carbons (Fsp3) is 0.250. The first-order valence-electron chi connectivity index (χ1n) is 7.27. The van der Waals surface area contributed by atoms with E-state index in [1.165, 1.54) is 23.1 Å². The van der Waals surface area contributed by atoms with Gasteiger partial charge in [0.2, 0.25) is 0 Å². The van der Waals surface area contributed by atoms with Gasteiger partial charge < -0.3 is 11.1 Å². The molecule has 0 saturated heterocycles. The number of hydrogen-bond acceptors (Lipinski definition) is 7. The summed E-state index contributed by atoms with van der Waals surface area (Å²) in [6.45, 7) is 7.81. The van der Waals surface area contributed by atoms with Crippen molar-refractivity contribution >= 4 is 39.9 Å². The van der Waals surface area contributed by atoms with Gasteiger partial charge in [-0.25, -0.2) is 9.98 Å². The summed E-state index contributed by atoms with van der Waals surface area (Å²) < 4.78 is 0. The maximum Gasteiger partial charge on any atom is 0.284 e. The maximum absolute atomic E-state index is 12.3. The minimum absolute atomic E-state index is 0.234. The predicted molar refractivity (Wildman–Crippen MR) is 99.4 cm³/mol. The Hall–Kier alpha value is -2.19. The summed E-state index contributed by atoms with van der Waals surface area (Å²) in [5, 5.41) is 5.60. The van der Waals surface area contributed by atoms with E-state index in [-0.39, 0.29) is 5.91 Å². The second-order valence-electron chi connectivity index (χ2n) is 5.72. The molecule has 0 fully saturated rings. The molecule has 0 saturated carbocycles. The van der Waals surface area contributed by atoms with Gasteiger partial charge in [0.05, 0.1) is 5.69 Å². The molecule has 3 rings (SSSR count). The van der Waals surface area contributed by atoms with E-state index in [2.05, 4.69) is 26.9 Å². The average Bonchev–Trinajstić information content (AvgIpc) is 2.93. The van der Waals surface area contributed by atoms with Crippen LogP contribution in [0.5, 0.6) is 0 Å². The SMILES string of the molecule is C=C1C[C@@](C)(c2cc(NC(=O)c3nc(C)cs3)ccn2)N=C(N)S1. The number of nitrogens with one attached hydrogen (secondary N) is 1. The largest absolute Gasteiger partial charge is 0.378 e. The summed E-state index contributed by atoms with van der Waals surface area (Å²) >= 11 is 2.70. The number of carbonyl (C=O) groups is 1.